The number of pyridine rings is 1. The Hall–Kier alpha value is -0.940. The molecule has 0 aromatic carbocycles. The third-order valence-electron chi connectivity index (χ3n) is 2.02. The maximum Gasteiger partial charge on any atom is 0.256 e. The summed E-state index contributed by atoms with van der Waals surface area (Å²) in [4.78, 5) is 15.6. The van der Waals surface area contributed by atoms with Crippen LogP contribution in [0.4, 0.5) is 5.69 Å². The van der Waals surface area contributed by atoms with Crippen LogP contribution in [0.1, 0.15) is 13.8 Å². The summed E-state index contributed by atoms with van der Waals surface area (Å²) in [6.45, 7) is 3.40. The Labute approximate surface area is 97.2 Å². The highest BCUT2D eigenvalue weighted by Crippen LogP contribution is 2.16. The Morgan fingerprint density at radius 2 is 2.20 bits per heavy atom. The van der Waals surface area contributed by atoms with Crippen molar-refractivity contribution >= 4 is 27.5 Å². The summed E-state index contributed by atoms with van der Waals surface area (Å²) in [6, 6.07) is 1.77. The third kappa shape index (κ3) is 3.28. The molecule has 0 fully saturated rings. The van der Waals surface area contributed by atoms with E-state index >= 15 is 0 Å². The molecule has 0 aliphatic carbocycles. The number of hydrogen-bond acceptors (Lipinski definition) is 3. The topological polar surface area (TPSA) is 51.2 Å². The van der Waals surface area contributed by atoms with Crippen LogP contribution >= 0.6 is 15.9 Å². The molecular formula is C10H13BrN2O2. The molecule has 82 valence electrons. The molecule has 0 aliphatic heterocycles. The zero-order valence-corrected chi connectivity index (χ0v) is 10.5. The van der Waals surface area contributed by atoms with Crippen LogP contribution in [0, 0.1) is 0 Å². The Morgan fingerprint density at radius 3 is 2.73 bits per heavy atom. The molecule has 0 saturated carbocycles. The highest BCUT2D eigenvalue weighted by atomic mass is 79.9. The molecule has 0 radical (unpaired) electrons. The van der Waals surface area contributed by atoms with E-state index in [2.05, 4.69) is 26.2 Å². The minimum absolute atomic E-state index is 0.204. The zero-order valence-electron chi connectivity index (χ0n) is 8.87. The maximum absolute atomic E-state index is 11.7. The first-order valence-corrected chi connectivity index (χ1v) is 5.22. The number of halogens is 1. The molecule has 0 atom stereocenters. The maximum atomic E-state index is 11.7. The van der Waals surface area contributed by atoms with Crippen molar-refractivity contribution in [1.82, 2.24) is 4.98 Å². The number of carbonyl (C=O) groups is 1. The predicted molar refractivity (Wildman–Crippen MR) is 61.7 cm³/mol. The van der Waals surface area contributed by atoms with Gasteiger partial charge in [-0.25, -0.2) is 0 Å². The fraction of sp³-hybridized carbons (Fsp3) is 0.400. The van der Waals surface area contributed by atoms with Crippen molar-refractivity contribution in [2.45, 2.75) is 19.4 Å². The standard InChI is InChI=1S/C10H13BrN2O2/c1-10(2,15-3)9(14)13-8-4-7(11)5-12-6-8/h4-6H,1-3H3,(H,13,14). The van der Waals surface area contributed by atoms with Gasteiger partial charge in [-0.1, -0.05) is 0 Å². The van der Waals surface area contributed by atoms with Gasteiger partial charge in [0, 0.05) is 17.8 Å². The van der Waals surface area contributed by atoms with Gasteiger partial charge in [0.1, 0.15) is 5.60 Å². The van der Waals surface area contributed by atoms with Crippen LogP contribution in [0.15, 0.2) is 22.9 Å². The lowest BCUT2D eigenvalue weighted by atomic mass is 10.1. The first-order valence-electron chi connectivity index (χ1n) is 4.43. The molecule has 0 aliphatic rings. The van der Waals surface area contributed by atoms with Crippen molar-refractivity contribution in [3.05, 3.63) is 22.9 Å². The van der Waals surface area contributed by atoms with Crippen molar-refractivity contribution in [2.75, 3.05) is 12.4 Å². The van der Waals surface area contributed by atoms with E-state index in [4.69, 9.17) is 4.74 Å². The van der Waals surface area contributed by atoms with Gasteiger partial charge in [0.25, 0.3) is 5.91 Å². The molecular weight excluding hydrogens is 260 g/mol. The number of rotatable bonds is 3. The number of ether oxygens (including phenoxy) is 1. The number of carbonyl (C=O) groups excluding carboxylic acids is 1. The van der Waals surface area contributed by atoms with Crippen molar-refractivity contribution in [2.24, 2.45) is 0 Å². The van der Waals surface area contributed by atoms with E-state index in [0.29, 0.717) is 5.69 Å². The van der Waals surface area contributed by atoms with Crippen LogP contribution in [0.5, 0.6) is 0 Å². The average molecular weight is 273 g/mol. The van der Waals surface area contributed by atoms with Gasteiger partial charge in [0.2, 0.25) is 0 Å². The van der Waals surface area contributed by atoms with Gasteiger partial charge in [0.15, 0.2) is 0 Å². The number of aromatic nitrogens is 1. The van der Waals surface area contributed by atoms with Gasteiger partial charge in [-0.15, -0.1) is 0 Å². The number of nitrogens with one attached hydrogen (secondary N) is 1. The Bertz CT molecular complexity index is 366. The predicted octanol–water partition coefficient (Wildman–Crippen LogP) is 2.21. The molecule has 0 unspecified atom stereocenters. The zero-order chi connectivity index (χ0) is 11.5. The van der Waals surface area contributed by atoms with Crippen molar-refractivity contribution < 1.29 is 9.53 Å². The first kappa shape index (κ1) is 12.1. The molecule has 1 aromatic heterocycles. The van der Waals surface area contributed by atoms with Crippen LogP contribution in [0.2, 0.25) is 0 Å². The number of anilines is 1. The van der Waals surface area contributed by atoms with Gasteiger partial charge in [-0.05, 0) is 35.8 Å². The lowest BCUT2D eigenvalue weighted by Crippen LogP contribution is -2.38. The van der Waals surface area contributed by atoms with Crippen LogP contribution in [-0.2, 0) is 9.53 Å². The molecule has 0 bridgehead atoms. The van der Waals surface area contributed by atoms with E-state index in [-0.39, 0.29) is 5.91 Å². The normalized spacial score (nSPS) is 11.2. The van der Waals surface area contributed by atoms with E-state index in [1.165, 1.54) is 7.11 Å². The van der Waals surface area contributed by atoms with E-state index in [1.54, 1.807) is 32.3 Å². The lowest BCUT2D eigenvalue weighted by Gasteiger charge is -2.21. The molecule has 15 heavy (non-hydrogen) atoms. The number of nitrogens with zero attached hydrogens (tertiary/aromatic N) is 1. The third-order valence-corrected chi connectivity index (χ3v) is 2.45. The minimum Gasteiger partial charge on any atom is -0.369 e. The van der Waals surface area contributed by atoms with Gasteiger partial charge in [-0.2, -0.15) is 0 Å². The SMILES string of the molecule is COC(C)(C)C(=O)Nc1cncc(Br)c1. The summed E-state index contributed by atoms with van der Waals surface area (Å²) >= 11 is 3.27. The number of methoxy groups -OCH3 is 1. The second-order valence-corrected chi connectivity index (χ2v) is 4.48. The monoisotopic (exact) mass is 272 g/mol. The smallest absolute Gasteiger partial charge is 0.256 e. The van der Waals surface area contributed by atoms with Crippen LogP contribution < -0.4 is 5.32 Å². The summed E-state index contributed by atoms with van der Waals surface area (Å²) in [5, 5.41) is 2.72. The van der Waals surface area contributed by atoms with Gasteiger partial charge in [0.05, 0.1) is 11.9 Å². The second kappa shape index (κ2) is 4.72. The van der Waals surface area contributed by atoms with Gasteiger partial charge in [-0.3, -0.25) is 9.78 Å². The van der Waals surface area contributed by atoms with Gasteiger partial charge < -0.3 is 10.1 Å². The summed E-state index contributed by atoms with van der Waals surface area (Å²) in [6.07, 6.45) is 3.23. The molecule has 1 aromatic rings. The fourth-order valence-electron chi connectivity index (χ4n) is 0.855. The van der Waals surface area contributed by atoms with Gasteiger partial charge >= 0.3 is 0 Å². The summed E-state index contributed by atoms with van der Waals surface area (Å²) in [5.41, 5.74) is -0.206. The molecule has 1 N–H and O–H groups in total. The molecule has 1 rings (SSSR count). The highest BCUT2D eigenvalue weighted by Gasteiger charge is 2.26. The molecule has 0 saturated heterocycles. The lowest BCUT2D eigenvalue weighted by molar-refractivity contribution is -0.133. The largest absolute Gasteiger partial charge is 0.369 e. The summed E-state index contributed by atoms with van der Waals surface area (Å²) in [7, 11) is 1.50. The quantitative estimate of drug-likeness (QED) is 0.918. The van der Waals surface area contributed by atoms with Crippen molar-refractivity contribution in [3.8, 4) is 0 Å². The molecule has 0 spiro atoms. The van der Waals surface area contributed by atoms with E-state index in [9.17, 15) is 4.79 Å². The second-order valence-electron chi connectivity index (χ2n) is 3.56. The van der Waals surface area contributed by atoms with E-state index in [1.807, 2.05) is 0 Å². The van der Waals surface area contributed by atoms with Crippen molar-refractivity contribution in [3.63, 3.8) is 0 Å². The van der Waals surface area contributed by atoms with E-state index < -0.39 is 5.60 Å². The van der Waals surface area contributed by atoms with Crippen LogP contribution in [0.25, 0.3) is 0 Å². The fourth-order valence-corrected chi connectivity index (χ4v) is 1.22. The molecule has 1 heterocycles. The average Bonchev–Trinajstić information content (AvgIpc) is 2.17. The Kier molecular flexibility index (Phi) is 3.82. The van der Waals surface area contributed by atoms with E-state index in [0.717, 1.165) is 4.47 Å². The summed E-state index contributed by atoms with van der Waals surface area (Å²) < 4.78 is 5.87. The van der Waals surface area contributed by atoms with Crippen LogP contribution in [-0.4, -0.2) is 23.6 Å². The Balaban J connectivity index is 2.75. The summed E-state index contributed by atoms with van der Waals surface area (Å²) in [5.74, 6) is -0.204. The first-order chi connectivity index (χ1) is 6.95. The number of amides is 1. The van der Waals surface area contributed by atoms with Crippen molar-refractivity contribution in [1.29, 1.82) is 0 Å². The highest BCUT2D eigenvalue weighted by molar-refractivity contribution is 9.10. The Morgan fingerprint density at radius 1 is 1.53 bits per heavy atom. The molecule has 4 nitrogen and oxygen atoms in total. The van der Waals surface area contributed by atoms with Crippen LogP contribution in [0.3, 0.4) is 0 Å². The number of hydrogen-bond donors (Lipinski definition) is 1. The molecule has 5 heteroatoms. The molecule has 1 amide bonds. The minimum atomic E-state index is -0.845.